The molecule has 0 saturated carbocycles. The number of morpholine rings is 1. The number of carbonyl (C=O) groups excluding carboxylic acids is 2. The molecule has 0 bridgehead atoms. The monoisotopic (exact) mass is 351 g/mol. The number of nitrogens with zero attached hydrogens (tertiary/aromatic N) is 2. The van der Waals surface area contributed by atoms with Gasteiger partial charge in [0.25, 0.3) is 0 Å². The van der Waals surface area contributed by atoms with E-state index in [1.165, 1.54) is 0 Å². The SMILES string of the molecule is O=C(NCCN1CCOCC1)[C@@H]1CCN(c2ccc(Cl)cc2)C1=O. The zero-order chi connectivity index (χ0) is 16.9. The van der Waals surface area contributed by atoms with Gasteiger partial charge >= 0.3 is 0 Å². The van der Waals surface area contributed by atoms with Crippen LogP contribution in [0.3, 0.4) is 0 Å². The number of hydrogen-bond donors (Lipinski definition) is 1. The minimum atomic E-state index is -0.592. The van der Waals surface area contributed by atoms with E-state index < -0.39 is 5.92 Å². The fraction of sp³-hybridized carbons (Fsp3) is 0.529. The van der Waals surface area contributed by atoms with Gasteiger partial charge in [0, 0.05) is 43.4 Å². The van der Waals surface area contributed by atoms with Gasteiger partial charge in [0.05, 0.1) is 13.2 Å². The van der Waals surface area contributed by atoms with Crippen molar-refractivity contribution in [1.82, 2.24) is 10.2 Å². The van der Waals surface area contributed by atoms with Crippen LogP contribution in [0.1, 0.15) is 6.42 Å². The van der Waals surface area contributed by atoms with Crippen molar-refractivity contribution in [3.8, 4) is 0 Å². The maximum absolute atomic E-state index is 12.5. The van der Waals surface area contributed by atoms with Crippen LogP contribution in [-0.2, 0) is 14.3 Å². The van der Waals surface area contributed by atoms with Gasteiger partial charge in [0.2, 0.25) is 11.8 Å². The molecule has 2 aliphatic heterocycles. The number of hydrogen-bond acceptors (Lipinski definition) is 4. The molecule has 1 aromatic carbocycles. The summed E-state index contributed by atoms with van der Waals surface area (Å²) in [5.41, 5.74) is 0.785. The van der Waals surface area contributed by atoms with Crippen molar-refractivity contribution in [2.75, 3.05) is 50.8 Å². The summed E-state index contributed by atoms with van der Waals surface area (Å²) in [4.78, 5) is 28.7. The van der Waals surface area contributed by atoms with Crippen molar-refractivity contribution in [3.63, 3.8) is 0 Å². The highest BCUT2D eigenvalue weighted by Gasteiger charge is 2.37. The molecule has 2 heterocycles. The van der Waals surface area contributed by atoms with Gasteiger partial charge in [-0.2, -0.15) is 0 Å². The van der Waals surface area contributed by atoms with Crippen LogP contribution < -0.4 is 10.2 Å². The molecule has 0 aromatic heterocycles. The van der Waals surface area contributed by atoms with E-state index >= 15 is 0 Å². The molecule has 3 rings (SSSR count). The lowest BCUT2D eigenvalue weighted by Crippen LogP contribution is -2.43. The molecule has 0 unspecified atom stereocenters. The fourth-order valence-corrected chi connectivity index (χ4v) is 3.21. The standard InChI is InChI=1S/C17H22ClN3O3/c18-13-1-3-14(4-2-13)21-7-5-15(17(21)23)16(22)19-6-8-20-9-11-24-12-10-20/h1-4,15H,5-12H2,(H,19,22)/t15-/m0/s1. The first-order valence-electron chi connectivity index (χ1n) is 8.30. The maximum atomic E-state index is 12.5. The van der Waals surface area contributed by atoms with E-state index in [0.717, 1.165) is 38.5 Å². The average molecular weight is 352 g/mol. The van der Waals surface area contributed by atoms with Crippen LogP contribution in [-0.4, -0.2) is 62.7 Å². The number of anilines is 1. The Hall–Kier alpha value is -1.63. The summed E-state index contributed by atoms with van der Waals surface area (Å²) in [5.74, 6) is -0.906. The lowest BCUT2D eigenvalue weighted by molar-refractivity contribution is -0.132. The smallest absolute Gasteiger partial charge is 0.239 e. The first-order valence-corrected chi connectivity index (χ1v) is 8.68. The topological polar surface area (TPSA) is 61.9 Å². The van der Waals surface area contributed by atoms with Gasteiger partial charge in [0.15, 0.2) is 0 Å². The summed E-state index contributed by atoms with van der Waals surface area (Å²) in [5, 5.41) is 3.52. The van der Waals surface area contributed by atoms with E-state index in [9.17, 15) is 9.59 Å². The van der Waals surface area contributed by atoms with Crippen LogP contribution in [0, 0.1) is 5.92 Å². The first-order chi connectivity index (χ1) is 11.6. The number of amides is 2. The van der Waals surface area contributed by atoms with E-state index in [4.69, 9.17) is 16.3 Å². The van der Waals surface area contributed by atoms with Crippen LogP contribution in [0.4, 0.5) is 5.69 Å². The highest BCUT2D eigenvalue weighted by molar-refractivity contribution is 6.30. The molecular formula is C17H22ClN3O3. The van der Waals surface area contributed by atoms with Crippen LogP contribution >= 0.6 is 11.6 Å². The summed E-state index contributed by atoms with van der Waals surface area (Å²) in [6, 6.07) is 7.11. The Bertz CT molecular complexity index is 587. The lowest BCUT2D eigenvalue weighted by atomic mass is 10.1. The molecule has 130 valence electrons. The Balaban J connectivity index is 1.49. The zero-order valence-corrected chi connectivity index (χ0v) is 14.3. The third kappa shape index (κ3) is 4.06. The predicted molar refractivity (Wildman–Crippen MR) is 92.2 cm³/mol. The molecule has 0 spiro atoms. The van der Waals surface area contributed by atoms with Crippen molar-refractivity contribution >= 4 is 29.1 Å². The zero-order valence-electron chi connectivity index (χ0n) is 13.5. The number of nitrogens with one attached hydrogen (secondary N) is 1. The first kappa shape index (κ1) is 17.2. The number of halogens is 1. The fourth-order valence-electron chi connectivity index (χ4n) is 3.09. The number of carbonyl (C=O) groups is 2. The van der Waals surface area contributed by atoms with Crippen LogP contribution in [0.5, 0.6) is 0 Å². The molecule has 6 nitrogen and oxygen atoms in total. The summed E-state index contributed by atoms with van der Waals surface area (Å²) >= 11 is 5.88. The summed E-state index contributed by atoms with van der Waals surface area (Å²) < 4.78 is 5.30. The Morgan fingerprint density at radius 2 is 1.92 bits per heavy atom. The Labute approximate surface area is 146 Å². The van der Waals surface area contributed by atoms with E-state index in [2.05, 4.69) is 10.2 Å². The van der Waals surface area contributed by atoms with Gasteiger partial charge in [0.1, 0.15) is 5.92 Å². The quantitative estimate of drug-likeness (QED) is 0.808. The summed E-state index contributed by atoms with van der Waals surface area (Å²) in [6.07, 6.45) is 0.546. The van der Waals surface area contributed by atoms with Gasteiger partial charge in [-0.15, -0.1) is 0 Å². The third-order valence-corrected chi connectivity index (χ3v) is 4.74. The van der Waals surface area contributed by atoms with Crippen LogP contribution in [0.2, 0.25) is 5.02 Å². The molecule has 2 saturated heterocycles. The second kappa shape index (κ2) is 7.96. The van der Waals surface area contributed by atoms with Crippen molar-refractivity contribution in [3.05, 3.63) is 29.3 Å². The molecule has 2 aliphatic rings. The van der Waals surface area contributed by atoms with Gasteiger partial charge in [-0.1, -0.05) is 11.6 Å². The van der Waals surface area contributed by atoms with Crippen LogP contribution in [0.25, 0.3) is 0 Å². The number of rotatable bonds is 5. The Morgan fingerprint density at radius 3 is 2.62 bits per heavy atom. The highest BCUT2D eigenvalue weighted by Crippen LogP contribution is 2.26. The average Bonchev–Trinajstić information content (AvgIpc) is 2.98. The lowest BCUT2D eigenvalue weighted by Gasteiger charge is -2.26. The Morgan fingerprint density at radius 1 is 1.21 bits per heavy atom. The summed E-state index contributed by atoms with van der Waals surface area (Å²) in [6.45, 7) is 5.17. The van der Waals surface area contributed by atoms with E-state index in [1.54, 1.807) is 29.2 Å². The van der Waals surface area contributed by atoms with Gasteiger partial charge < -0.3 is 15.0 Å². The molecule has 24 heavy (non-hydrogen) atoms. The normalized spacial score (nSPS) is 22.0. The van der Waals surface area contributed by atoms with E-state index in [0.29, 0.717) is 24.5 Å². The second-order valence-electron chi connectivity index (χ2n) is 6.05. The van der Waals surface area contributed by atoms with Crippen molar-refractivity contribution in [2.45, 2.75) is 6.42 Å². The molecule has 0 aliphatic carbocycles. The molecule has 0 radical (unpaired) electrons. The minimum absolute atomic E-state index is 0.138. The molecule has 1 atom stereocenters. The second-order valence-corrected chi connectivity index (χ2v) is 6.49. The summed E-state index contributed by atoms with van der Waals surface area (Å²) in [7, 11) is 0. The van der Waals surface area contributed by atoms with Crippen molar-refractivity contribution < 1.29 is 14.3 Å². The van der Waals surface area contributed by atoms with Gasteiger partial charge in [-0.3, -0.25) is 14.5 Å². The van der Waals surface area contributed by atoms with Crippen molar-refractivity contribution in [1.29, 1.82) is 0 Å². The maximum Gasteiger partial charge on any atom is 0.239 e. The van der Waals surface area contributed by atoms with Crippen LogP contribution in [0.15, 0.2) is 24.3 Å². The molecule has 1 N–H and O–H groups in total. The van der Waals surface area contributed by atoms with E-state index in [-0.39, 0.29) is 11.8 Å². The minimum Gasteiger partial charge on any atom is -0.379 e. The number of ether oxygens (including phenoxy) is 1. The molecule has 7 heteroatoms. The molecule has 2 amide bonds. The molecular weight excluding hydrogens is 330 g/mol. The Kier molecular flexibility index (Phi) is 5.71. The largest absolute Gasteiger partial charge is 0.379 e. The van der Waals surface area contributed by atoms with Crippen molar-refractivity contribution in [2.24, 2.45) is 5.92 Å². The predicted octanol–water partition coefficient (Wildman–Crippen LogP) is 1.14. The van der Waals surface area contributed by atoms with E-state index in [1.807, 2.05) is 0 Å². The molecule has 2 fully saturated rings. The van der Waals surface area contributed by atoms with Gasteiger partial charge in [-0.05, 0) is 30.7 Å². The highest BCUT2D eigenvalue weighted by atomic mass is 35.5. The molecule has 1 aromatic rings. The third-order valence-electron chi connectivity index (χ3n) is 4.49. The van der Waals surface area contributed by atoms with Gasteiger partial charge in [-0.25, -0.2) is 0 Å². The number of benzene rings is 1.